The van der Waals surface area contributed by atoms with E-state index in [4.69, 9.17) is 0 Å². The summed E-state index contributed by atoms with van der Waals surface area (Å²) in [6.45, 7) is -3.67. The molecule has 0 atom stereocenters. The second-order valence-electron chi connectivity index (χ2n) is 0.306. The molecule has 0 saturated carbocycles. The van der Waals surface area contributed by atoms with E-state index in [9.17, 15) is 13.2 Å². The molecule has 0 amide bonds. The Balaban J connectivity index is 0. The van der Waals surface area contributed by atoms with Crippen LogP contribution in [0.2, 0.25) is 0 Å². The van der Waals surface area contributed by atoms with Crippen LogP contribution >= 0.6 is 38.3 Å². The Bertz CT molecular complexity index is 24.1. The van der Waals surface area contributed by atoms with Crippen molar-refractivity contribution in [3.05, 3.63) is 0 Å². The molecule has 0 N–H and O–H groups in total. The maximum Gasteiger partial charge on any atom is 0.379 e. The summed E-state index contributed by atoms with van der Waals surface area (Å²) in [5.41, 5.74) is 0. The van der Waals surface area contributed by atoms with E-state index in [1.54, 1.807) is 0 Å². The Morgan fingerprint density at radius 1 is 1.14 bits per heavy atom. The monoisotopic (exact) mass is 260 g/mol. The molecule has 0 aliphatic rings. The van der Waals surface area contributed by atoms with Crippen molar-refractivity contribution in [1.29, 1.82) is 0 Å². The fraction of sp³-hybridized carbons (Fsp3) is 1.00. The van der Waals surface area contributed by atoms with Gasteiger partial charge in [-0.25, -0.2) is 0 Å². The van der Waals surface area contributed by atoms with E-state index in [0.29, 0.717) is 0 Å². The summed E-state index contributed by atoms with van der Waals surface area (Å²) in [6.07, 6.45) is 0. The smallest absolute Gasteiger partial charge is 0.174 e. The Morgan fingerprint density at radius 2 is 1.14 bits per heavy atom. The number of hydrogen-bond acceptors (Lipinski definition) is 1. The molecule has 0 heterocycles. The third kappa shape index (κ3) is 153. The molecule has 46 valence electrons. The van der Waals surface area contributed by atoms with Crippen LogP contribution in [0.25, 0.3) is 0 Å². The van der Waals surface area contributed by atoms with Crippen molar-refractivity contribution in [2.24, 2.45) is 0 Å². The average Bonchev–Trinajstić information content (AvgIpc) is 1.33. The van der Waals surface area contributed by atoms with Crippen LogP contribution in [-0.2, 0) is 0 Å². The number of hydrogen-bond donors (Lipinski definition) is 0. The van der Waals surface area contributed by atoms with Crippen LogP contribution in [-0.4, -0.2) is 6.68 Å². The number of rotatable bonds is 0. The maximum atomic E-state index is 9.67. The van der Waals surface area contributed by atoms with Crippen LogP contribution in [0.3, 0.4) is 0 Å². The van der Waals surface area contributed by atoms with Gasteiger partial charge in [0.25, 0.3) is 0 Å². The number of alkyl halides is 3. The highest BCUT2D eigenvalue weighted by molar-refractivity contribution is 9.82. The minimum absolute atomic E-state index is 1.38. The zero-order valence-electron chi connectivity index (χ0n) is 2.88. The Kier molecular flexibility index (Phi) is 15.9. The van der Waals surface area contributed by atoms with Gasteiger partial charge in [-0.15, -0.1) is 0 Å². The molecular weight excluding hydrogens is 261 g/mol. The van der Waals surface area contributed by atoms with Crippen LogP contribution in [0.5, 0.6) is 0 Å². The Labute approximate surface area is 58.2 Å². The van der Waals surface area contributed by atoms with Crippen molar-refractivity contribution in [3.8, 4) is 0 Å². The van der Waals surface area contributed by atoms with E-state index in [1.165, 1.54) is 8.63 Å². The van der Waals surface area contributed by atoms with E-state index in [0.717, 1.165) is 0 Å². The zero-order chi connectivity index (χ0) is 6.28. The van der Waals surface area contributed by atoms with Crippen molar-refractivity contribution < 1.29 is 13.2 Å². The van der Waals surface area contributed by atoms with Crippen LogP contribution in [0.15, 0.2) is 0 Å². The predicted octanol–water partition coefficient (Wildman–Crippen LogP) is 3.52. The molecule has 0 fully saturated rings. The fourth-order valence-electron chi connectivity index (χ4n) is 0. The summed E-state index contributed by atoms with van der Waals surface area (Å²) in [4.78, 5) is 0. The molecule has 0 aromatic rings. The van der Waals surface area contributed by atoms with Crippen molar-refractivity contribution >= 4 is 38.3 Å². The third-order valence-electron chi connectivity index (χ3n) is 0. The summed E-state index contributed by atoms with van der Waals surface area (Å²) < 4.78 is 29.0. The first-order chi connectivity index (χ1) is 3.15. The van der Waals surface area contributed by atoms with E-state index in [2.05, 4.69) is 29.6 Å². The van der Waals surface area contributed by atoms with Gasteiger partial charge in [0, 0.05) is 29.6 Å². The summed E-state index contributed by atoms with van der Waals surface area (Å²) in [5.74, 6) is 0. The SMILES string of the molecule is BrSBr.FC(F)F. The fourth-order valence-corrected chi connectivity index (χ4v) is 0. The maximum absolute atomic E-state index is 9.67. The normalized spacial score (nSPS) is 7.71. The Morgan fingerprint density at radius 3 is 1.14 bits per heavy atom. The topological polar surface area (TPSA) is 0 Å². The molecule has 0 radical (unpaired) electrons. The lowest BCUT2D eigenvalue weighted by Crippen LogP contribution is -1.65. The van der Waals surface area contributed by atoms with Gasteiger partial charge in [0.15, 0.2) is 0 Å². The van der Waals surface area contributed by atoms with Crippen molar-refractivity contribution in [1.82, 2.24) is 0 Å². The molecule has 0 aliphatic carbocycles. The van der Waals surface area contributed by atoms with Gasteiger partial charge in [-0.1, -0.05) is 0 Å². The summed E-state index contributed by atoms with van der Waals surface area (Å²) >= 11 is 5.96. The van der Waals surface area contributed by atoms with Crippen molar-refractivity contribution in [2.75, 3.05) is 0 Å². The van der Waals surface area contributed by atoms with Gasteiger partial charge in [0.2, 0.25) is 0 Å². The quantitative estimate of drug-likeness (QED) is 0.643. The first kappa shape index (κ1) is 11.0. The molecule has 0 bridgehead atoms. The molecule has 0 rings (SSSR count). The molecule has 0 aromatic heterocycles. The third-order valence-corrected chi connectivity index (χ3v) is 0. The van der Waals surface area contributed by atoms with E-state index in [1.807, 2.05) is 0 Å². The largest absolute Gasteiger partial charge is 0.379 e. The van der Waals surface area contributed by atoms with E-state index >= 15 is 0 Å². The number of halogens is 5. The van der Waals surface area contributed by atoms with Gasteiger partial charge in [-0.2, -0.15) is 13.2 Å². The molecule has 0 aliphatic heterocycles. The van der Waals surface area contributed by atoms with Crippen LogP contribution in [0.4, 0.5) is 13.2 Å². The molecular formula is CHBr2F3S. The molecule has 0 spiro atoms. The van der Waals surface area contributed by atoms with Crippen LogP contribution < -0.4 is 0 Å². The first-order valence-electron chi connectivity index (χ1n) is 0.963. The van der Waals surface area contributed by atoms with Crippen molar-refractivity contribution in [3.63, 3.8) is 0 Å². The van der Waals surface area contributed by atoms with Crippen molar-refractivity contribution in [2.45, 2.75) is 6.68 Å². The van der Waals surface area contributed by atoms with Crippen LogP contribution in [0.1, 0.15) is 0 Å². The highest BCUT2D eigenvalue weighted by atomic mass is 79.9. The lowest BCUT2D eigenvalue weighted by molar-refractivity contribution is 0.00819. The van der Waals surface area contributed by atoms with Crippen LogP contribution in [0, 0.1) is 0 Å². The summed E-state index contributed by atoms with van der Waals surface area (Å²) in [7, 11) is 1.38. The molecule has 0 saturated heterocycles. The average molecular weight is 262 g/mol. The first-order valence-corrected chi connectivity index (χ1v) is 5.47. The van der Waals surface area contributed by atoms with Gasteiger partial charge in [0.1, 0.15) is 0 Å². The summed E-state index contributed by atoms with van der Waals surface area (Å²) in [5, 5.41) is 0. The minimum atomic E-state index is -3.67. The summed E-state index contributed by atoms with van der Waals surface area (Å²) in [6, 6.07) is 0. The van der Waals surface area contributed by atoms with Gasteiger partial charge >= 0.3 is 6.68 Å². The van der Waals surface area contributed by atoms with Gasteiger partial charge in [-0.3, -0.25) is 0 Å². The van der Waals surface area contributed by atoms with Gasteiger partial charge in [-0.05, 0) is 8.63 Å². The zero-order valence-corrected chi connectivity index (χ0v) is 6.86. The second-order valence-corrected chi connectivity index (χ2v) is 4.97. The molecule has 6 heteroatoms. The lowest BCUT2D eigenvalue weighted by atomic mass is 11.6. The molecule has 0 unspecified atom stereocenters. The van der Waals surface area contributed by atoms with Gasteiger partial charge < -0.3 is 0 Å². The highest BCUT2D eigenvalue weighted by Crippen LogP contribution is 2.17. The molecule has 0 nitrogen and oxygen atoms in total. The van der Waals surface area contributed by atoms with E-state index < -0.39 is 6.68 Å². The van der Waals surface area contributed by atoms with Gasteiger partial charge in [0.05, 0.1) is 0 Å². The molecule has 7 heavy (non-hydrogen) atoms. The lowest BCUT2D eigenvalue weighted by Gasteiger charge is -1.65. The second kappa shape index (κ2) is 10.2. The Hall–Kier alpha value is 1.10. The standard InChI is InChI=1S/CHF3.Br2S/c2-1(3)4;1-3-2/h1H;. The predicted molar refractivity (Wildman–Crippen MR) is 32.6 cm³/mol. The molecule has 0 aromatic carbocycles. The highest BCUT2D eigenvalue weighted by Gasteiger charge is 1.86. The van der Waals surface area contributed by atoms with E-state index in [-0.39, 0.29) is 0 Å². The minimum Gasteiger partial charge on any atom is -0.174 e.